The number of carbonyl (C=O) groups is 3. The molecule has 0 aromatic heterocycles. The van der Waals surface area contributed by atoms with Crippen LogP contribution in [-0.2, 0) is 23.9 Å². The van der Waals surface area contributed by atoms with Crippen LogP contribution in [0.4, 0.5) is 5.69 Å². The lowest BCUT2D eigenvalue weighted by Gasteiger charge is -2.37. The van der Waals surface area contributed by atoms with E-state index >= 15 is 0 Å². The number of hydrogen-bond donors (Lipinski definition) is 1. The van der Waals surface area contributed by atoms with Gasteiger partial charge in [-0.2, -0.15) is 0 Å². The molecule has 1 unspecified atom stereocenters. The van der Waals surface area contributed by atoms with E-state index in [1.807, 2.05) is 50.3 Å². The van der Waals surface area contributed by atoms with Crippen LogP contribution in [0.2, 0.25) is 0 Å². The molecule has 4 aliphatic rings. The minimum atomic E-state index is -1.35. The number of cyclic esters (lactones) is 1. The predicted octanol–water partition coefficient (Wildman–Crippen LogP) is 2.45. The van der Waals surface area contributed by atoms with Crippen molar-refractivity contribution in [3.05, 3.63) is 53.6 Å². The molecule has 0 aliphatic carbocycles. The normalized spacial score (nSPS) is 35.1. The number of esters is 1. The van der Waals surface area contributed by atoms with Gasteiger partial charge in [-0.05, 0) is 57.2 Å². The molecular formula is C28H34N2O6. The Kier molecular flexibility index (Phi) is 6.29. The topological polar surface area (TPSA) is 96.4 Å². The molecule has 2 amide bonds. The van der Waals surface area contributed by atoms with Gasteiger partial charge in [-0.1, -0.05) is 36.4 Å². The summed E-state index contributed by atoms with van der Waals surface area (Å²) in [6, 6.07) is 4.91. The summed E-state index contributed by atoms with van der Waals surface area (Å²) in [5.74, 6) is -2.99. The second-order valence-corrected chi connectivity index (χ2v) is 10.5. The molecule has 2 fully saturated rings. The zero-order valence-electron chi connectivity index (χ0n) is 21.1. The molecule has 36 heavy (non-hydrogen) atoms. The quantitative estimate of drug-likeness (QED) is 0.512. The molecule has 1 aromatic carbocycles. The molecule has 192 valence electrons. The van der Waals surface area contributed by atoms with Crippen LogP contribution >= 0.6 is 0 Å². The van der Waals surface area contributed by atoms with Crippen LogP contribution in [0.15, 0.2) is 42.5 Å². The third kappa shape index (κ3) is 3.69. The van der Waals surface area contributed by atoms with Gasteiger partial charge < -0.3 is 24.4 Å². The van der Waals surface area contributed by atoms with E-state index in [1.54, 1.807) is 17.9 Å². The van der Waals surface area contributed by atoms with Crippen LogP contribution in [-0.4, -0.2) is 71.3 Å². The molecule has 5 rings (SSSR count). The molecule has 4 heterocycles. The van der Waals surface area contributed by atoms with Gasteiger partial charge in [-0.3, -0.25) is 14.4 Å². The SMILES string of the molecule is Cc1ccc(C)c(N2CC=C[C@]34O[C@@]5(C)/C=C\CCCCOC(=O)[C@H]5[C@H]3C(=O)N(CCO)C4C2=O)c1. The maximum atomic E-state index is 14.3. The van der Waals surface area contributed by atoms with E-state index in [1.165, 1.54) is 4.90 Å². The third-order valence-corrected chi connectivity index (χ3v) is 8.00. The lowest BCUT2D eigenvalue weighted by atomic mass is 9.74. The molecule has 1 N–H and O–H groups in total. The Morgan fingerprint density at radius 2 is 1.86 bits per heavy atom. The molecule has 4 aliphatic heterocycles. The molecule has 5 atom stereocenters. The molecule has 0 radical (unpaired) electrons. The largest absolute Gasteiger partial charge is 0.465 e. The van der Waals surface area contributed by atoms with Gasteiger partial charge in [0, 0.05) is 18.8 Å². The summed E-state index contributed by atoms with van der Waals surface area (Å²) in [4.78, 5) is 44.7. The fraction of sp³-hybridized carbons (Fsp3) is 0.536. The number of aliphatic hydroxyl groups excluding tert-OH is 1. The van der Waals surface area contributed by atoms with E-state index in [0.717, 1.165) is 36.1 Å². The first-order chi connectivity index (χ1) is 17.2. The van der Waals surface area contributed by atoms with Crippen molar-refractivity contribution in [3.63, 3.8) is 0 Å². The highest BCUT2D eigenvalue weighted by Gasteiger charge is 2.74. The highest BCUT2D eigenvalue weighted by molar-refractivity contribution is 6.06. The highest BCUT2D eigenvalue weighted by atomic mass is 16.6. The summed E-state index contributed by atoms with van der Waals surface area (Å²) in [6.45, 7) is 5.97. The van der Waals surface area contributed by atoms with Crippen molar-refractivity contribution >= 4 is 23.5 Å². The molecule has 8 heteroatoms. The highest BCUT2D eigenvalue weighted by Crippen LogP contribution is 2.57. The van der Waals surface area contributed by atoms with E-state index in [0.29, 0.717) is 6.54 Å². The summed E-state index contributed by atoms with van der Waals surface area (Å²) in [6.07, 6.45) is 9.96. The van der Waals surface area contributed by atoms with Gasteiger partial charge in [0.1, 0.15) is 17.6 Å². The summed E-state index contributed by atoms with van der Waals surface area (Å²) < 4.78 is 12.4. The molecule has 2 saturated heterocycles. The summed E-state index contributed by atoms with van der Waals surface area (Å²) >= 11 is 0. The van der Waals surface area contributed by atoms with Crippen molar-refractivity contribution in [1.82, 2.24) is 4.90 Å². The average molecular weight is 495 g/mol. The Labute approximate surface area is 211 Å². The summed E-state index contributed by atoms with van der Waals surface area (Å²) in [7, 11) is 0. The zero-order chi connectivity index (χ0) is 25.7. The van der Waals surface area contributed by atoms with Crippen molar-refractivity contribution < 1.29 is 29.0 Å². The second kappa shape index (κ2) is 9.16. The van der Waals surface area contributed by atoms with Gasteiger partial charge in [0.25, 0.3) is 5.91 Å². The fourth-order valence-corrected chi connectivity index (χ4v) is 6.37. The van der Waals surface area contributed by atoms with Crippen LogP contribution in [0.25, 0.3) is 0 Å². The van der Waals surface area contributed by atoms with Crippen molar-refractivity contribution in [2.45, 2.75) is 57.3 Å². The number of nitrogens with zero attached hydrogens (tertiary/aromatic N) is 2. The first-order valence-electron chi connectivity index (χ1n) is 12.8. The lowest BCUT2D eigenvalue weighted by Crippen LogP contribution is -2.56. The number of aryl methyl sites for hydroxylation is 2. The first kappa shape index (κ1) is 24.7. The minimum absolute atomic E-state index is 0.0281. The molecule has 8 nitrogen and oxygen atoms in total. The van der Waals surface area contributed by atoms with Crippen LogP contribution in [0.1, 0.15) is 37.3 Å². The van der Waals surface area contributed by atoms with Gasteiger partial charge in [0.05, 0.1) is 24.7 Å². The van der Waals surface area contributed by atoms with Crippen LogP contribution in [0, 0.1) is 25.7 Å². The number of amides is 2. The number of anilines is 1. The lowest BCUT2D eigenvalue weighted by molar-refractivity contribution is -0.158. The van der Waals surface area contributed by atoms with Crippen molar-refractivity contribution in [2.75, 3.05) is 31.2 Å². The number of β-amino-alcohol motifs (C(OH)–C–C–N with tert-alkyl or cyclic N) is 1. The van der Waals surface area contributed by atoms with E-state index in [4.69, 9.17) is 9.47 Å². The number of hydrogen-bond acceptors (Lipinski definition) is 6. The molecule has 0 saturated carbocycles. The maximum absolute atomic E-state index is 14.3. The monoisotopic (exact) mass is 494 g/mol. The van der Waals surface area contributed by atoms with Crippen molar-refractivity contribution in [3.8, 4) is 0 Å². The van der Waals surface area contributed by atoms with Gasteiger partial charge in [-0.15, -0.1) is 0 Å². The van der Waals surface area contributed by atoms with Crippen LogP contribution in [0.5, 0.6) is 0 Å². The van der Waals surface area contributed by atoms with E-state index < -0.39 is 35.0 Å². The van der Waals surface area contributed by atoms with Gasteiger partial charge >= 0.3 is 5.97 Å². The minimum Gasteiger partial charge on any atom is -0.465 e. The number of rotatable bonds is 3. The Bertz CT molecular complexity index is 1140. The van der Waals surface area contributed by atoms with Crippen LogP contribution < -0.4 is 4.90 Å². The molecular weight excluding hydrogens is 460 g/mol. The predicted molar refractivity (Wildman–Crippen MR) is 133 cm³/mol. The number of ether oxygens (including phenoxy) is 2. The Hall–Kier alpha value is -2.97. The third-order valence-electron chi connectivity index (χ3n) is 8.00. The molecule has 1 aromatic rings. The summed E-state index contributed by atoms with van der Waals surface area (Å²) in [5.41, 5.74) is 0.253. The molecule has 0 bridgehead atoms. The van der Waals surface area contributed by atoms with Gasteiger partial charge in [0.2, 0.25) is 5.91 Å². The van der Waals surface area contributed by atoms with E-state index in [9.17, 15) is 19.5 Å². The van der Waals surface area contributed by atoms with Crippen LogP contribution in [0.3, 0.4) is 0 Å². The Morgan fingerprint density at radius 3 is 2.64 bits per heavy atom. The number of aliphatic hydroxyl groups is 1. The number of carbonyl (C=O) groups excluding carboxylic acids is 3. The smallest absolute Gasteiger partial charge is 0.313 e. The Morgan fingerprint density at radius 1 is 1.06 bits per heavy atom. The maximum Gasteiger partial charge on any atom is 0.313 e. The fourth-order valence-electron chi connectivity index (χ4n) is 6.37. The number of allylic oxidation sites excluding steroid dienone is 1. The summed E-state index contributed by atoms with van der Waals surface area (Å²) in [5, 5.41) is 9.82. The van der Waals surface area contributed by atoms with E-state index in [-0.39, 0.29) is 31.6 Å². The number of likely N-dealkylation sites (tertiary alicyclic amines) is 1. The van der Waals surface area contributed by atoms with Crippen molar-refractivity contribution in [2.24, 2.45) is 11.8 Å². The second-order valence-electron chi connectivity index (χ2n) is 10.5. The van der Waals surface area contributed by atoms with Crippen molar-refractivity contribution in [1.29, 1.82) is 0 Å². The number of fused-ring (bicyclic) bond motifs is 2. The standard InChI is InChI=1S/C28H34N2O6/c1-18-9-10-19(2)20(17-18)29-13-8-12-28-21(24(32)30(14-15-31)23(28)25(29)33)22-26(34)35-16-7-5-4-6-11-27(22,3)36-28/h6,8-12,17,21-23,31H,4-5,7,13-16H2,1-3H3/b11-6-/t21-,22+,23?,27-,28-/m0/s1. The Balaban J connectivity index is 1.65. The first-order valence-corrected chi connectivity index (χ1v) is 12.8. The zero-order valence-corrected chi connectivity index (χ0v) is 21.1. The van der Waals surface area contributed by atoms with Gasteiger partial charge in [0.15, 0.2) is 0 Å². The average Bonchev–Trinajstić information content (AvgIpc) is 3.16. The number of benzene rings is 1. The van der Waals surface area contributed by atoms with E-state index in [2.05, 4.69) is 0 Å². The molecule has 1 spiro atoms. The van der Waals surface area contributed by atoms with Gasteiger partial charge in [-0.25, -0.2) is 0 Å².